The summed E-state index contributed by atoms with van der Waals surface area (Å²) in [7, 11) is 0. The summed E-state index contributed by atoms with van der Waals surface area (Å²) in [5, 5.41) is 23.2. The molecule has 0 radical (unpaired) electrons. The molecule has 2 unspecified atom stereocenters. The Balaban J connectivity index is 3.37. The molecule has 0 saturated heterocycles. The van der Waals surface area contributed by atoms with Crippen LogP contribution in [0.4, 0.5) is 0 Å². The van der Waals surface area contributed by atoms with Crippen LogP contribution in [0.25, 0.3) is 0 Å². The number of allylic oxidation sites excluding steroid dienone is 7. The van der Waals surface area contributed by atoms with Crippen molar-refractivity contribution in [3.63, 3.8) is 0 Å². The van der Waals surface area contributed by atoms with Crippen molar-refractivity contribution in [3.8, 4) is 0 Å². The number of unbranched alkanes of at least 4 members (excludes halogenated alkanes) is 53. The van der Waals surface area contributed by atoms with E-state index in [1.165, 1.54) is 327 Å². The van der Waals surface area contributed by atoms with Gasteiger partial charge in [0.2, 0.25) is 5.91 Å². The summed E-state index contributed by atoms with van der Waals surface area (Å²) >= 11 is 0. The van der Waals surface area contributed by atoms with Gasteiger partial charge in [-0.15, -0.1) is 0 Å². The maximum Gasteiger partial charge on any atom is 0.305 e. The van der Waals surface area contributed by atoms with Crippen LogP contribution >= 0.6 is 0 Å². The van der Waals surface area contributed by atoms with Crippen LogP contribution in [0.5, 0.6) is 0 Å². The molecule has 6 nitrogen and oxygen atoms in total. The molecular weight excluding hydrogens is 1020 g/mol. The van der Waals surface area contributed by atoms with Crippen LogP contribution in [-0.4, -0.2) is 47.4 Å². The summed E-state index contributed by atoms with van der Waals surface area (Å²) in [5.74, 6) is -0.0522. The van der Waals surface area contributed by atoms with E-state index in [2.05, 4.69) is 55.6 Å². The first-order valence-corrected chi connectivity index (χ1v) is 37.4. The molecule has 0 aromatic heterocycles. The molecule has 83 heavy (non-hydrogen) atoms. The van der Waals surface area contributed by atoms with Crippen LogP contribution in [0.3, 0.4) is 0 Å². The van der Waals surface area contributed by atoms with Gasteiger partial charge in [0, 0.05) is 12.8 Å². The zero-order valence-corrected chi connectivity index (χ0v) is 55.9. The molecule has 1 amide bonds. The standard InChI is InChI=1S/C77H145NO5/c1-3-5-7-9-11-13-15-17-19-37-41-45-49-53-57-61-65-69-75(80)74(73-79)78-76(81)70-66-62-58-54-50-46-42-39-35-33-31-29-27-25-23-21-22-24-26-28-30-32-34-36-40-44-48-52-56-60-64-68-72-83-77(82)71-67-63-59-55-51-47-43-38-20-18-16-14-12-10-8-6-4-2/h12,14,18,20,24,26,65,69,74-75,79-80H,3-11,13,15-17,19,21-23,25,27-64,66-68,70-73H2,1-2H3,(H,78,81)/b14-12-,20-18-,26-24-,69-65+. The average molecular weight is 1170 g/mol. The van der Waals surface area contributed by atoms with Crippen LogP contribution in [0, 0.1) is 0 Å². The van der Waals surface area contributed by atoms with E-state index in [9.17, 15) is 19.8 Å². The zero-order chi connectivity index (χ0) is 59.9. The van der Waals surface area contributed by atoms with Gasteiger partial charge in [-0.2, -0.15) is 0 Å². The number of aliphatic hydroxyl groups is 2. The van der Waals surface area contributed by atoms with Crippen molar-refractivity contribution < 1.29 is 24.5 Å². The normalized spacial score (nSPS) is 12.8. The van der Waals surface area contributed by atoms with E-state index < -0.39 is 12.1 Å². The van der Waals surface area contributed by atoms with Crippen molar-refractivity contribution in [1.82, 2.24) is 5.32 Å². The molecule has 0 aromatic rings. The Morgan fingerprint density at radius 3 is 0.952 bits per heavy atom. The van der Waals surface area contributed by atoms with E-state index in [0.717, 1.165) is 51.4 Å². The third kappa shape index (κ3) is 68.8. The maximum atomic E-state index is 12.5. The molecule has 0 rings (SSSR count). The minimum Gasteiger partial charge on any atom is -0.466 e. The van der Waals surface area contributed by atoms with E-state index >= 15 is 0 Å². The molecule has 488 valence electrons. The highest BCUT2D eigenvalue weighted by Gasteiger charge is 2.18. The first-order chi connectivity index (χ1) is 41.0. The first-order valence-electron chi connectivity index (χ1n) is 37.4. The highest BCUT2D eigenvalue weighted by atomic mass is 16.5. The molecule has 0 aromatic carbocycles. The van der Waals surface area contributed by atoms with Crippen LogP contribution in [0.1, 0.15) is 406 Å². The number of hydrogen-bond acceptors (Lipinski definition) is 5. The number of aliphatic hydroxyl groups excluding tert-OH is 2. The third-order valence-electron chi connectivity index (χ3n) is 17.3. The first kappa shape index (κ1) is 80.8. The predicted molar refractivity (Wildman–Crippen MR) is 366 cm³/mol. The monoisotopic (exact) mass is 1160 g/mol. The number of carbonyl (C=O) groups is 2. The van der Waals surface area contributed by atoms with E-state index in [0.29, 0.717) is 19.4 Å². The van der Waals surface area contributed by atoms with Gasteiger partial charge in [0.1, 0.15) is 0 Å². The van der Waals surface area contributed by atoms with Gasteiger partial charge in [0.05, 0.1) is 25.4 Å². The zero-order valence-electron chi connectivity index (χ0n) is 55.9. The fourth-order valence-corrected chi connectivity index (χ4v) is 11.6. The Morgan fingerprint density at radius 1 is 0.337 bits per heavy atom. The van der Waals surface area contributed by atoms with Gasteiger partial charge in [-0.1, -0.05) is 351 Å². The van der Waals surface area contributed by atoms with Crippen LogP contribution < -0.4 is 5.32 Å². The molecule has 3 N–H and O–H groups in total. The fourth-order valence-electron chi connectivity index (χ4n) is 11.6. The second kappa shape index (κ2) is 72.3. The Morgan fingerprint density at radius 2 is 0.602 bits per heavy atom. The molecule has 0 heterocycles. The fraction of sp³-hybridized carbons (Fsp3) is 0.870. The van der Waals surface area contributed by atoms with Gasteiger partial charge in [0.15, 0.2) is 0 Å². The second-order valence-corrected chi connectivity index (χ2v) is 25.6. The molecule has 0 bridgehead atoms. The number of ether oxygens (including phenoxy) is 1. The summed E-state index contributed by atoms with van der Waals surface area (Å²) in [5.41, 5.74) is 0. The number of rotatable bonds is 70. The van der Waals surface area contributed by atoms with Crippen LogP contribution in [0.15, 0.2) is 48.6 Å². The number of esters is 1. The van der Waals surface area contributed by atoms with E-state index in [-0.39, 0.29) is 18.5 Å². The van der Waals surface area contributed by atoms with Crippen molar-refractivity contribution in [1.29, 1.82) is 0 Å². The Labute approximate surface area is 518 Å². The molecule has 0 fully saturated rings. The van der Waals surface area contributed by atoms with Gasteiger partial charge in [0.25, 0.3) is 0 Å². The maximum absolute atomic E-state index is 12.5. The number of carbonyl (C=O) groups excluding carboxylic acids is 2. The lowest BCUT2D eigenvalue weighted by Crippen LogP contribution is -2.45. The highest BCUT2D eigenvalue weighted by Crippen LogP contribution is 2.19. The molecule has 0 spiro atoms. The van der Waals surface area contributed by atoms with Crippen molar-refractivity contribution in [2.24, 2.45) is 0 Å². The van der Waals surface area contributed by atoms with Gasteiger partial charge in [-0.25, -0.2) is 0 Å². The number of amides is 1. The largest absolute Gasteiger partial charge is 0.466 e. The molecule has 0 saturated carbocycles. The van der Waals surface area contributed by atoms with Gasteiger partial charge >= 0.3 is 5.97 Å². The highest BCUT2D eigenvalue weighted by molar-refractivity contribution is 5.76. The summed E-state index contributed by atoms with van der Waals surface area (Å²) < 4.78 is 5.50. The molecular formula is C77H145NO5. The minimum absolute atomic E-state index is 0.0104. The minimum atomic E-state index is -0.843. The smallest absolute Gasteiger partial charge is 0.305 e. The molecule has 2 atom stereocenters. The molecule has 0 aliphatic heterocycles. The summed E-state index contributed by atoms with van der Waals surface area (Å²) in [6.45, 7) is 4.91. The predicted octanol–water partition coefficient (Wildman–Crippen LogP) is 24.4. The summed E-state index contributed by atoms with van der Waals surface area (Å²) in [6.07, 6.45) is 94.9. The van der Waals surface area contributed by atoms with Crippen LogP contribution in [0.2, 0.25) is 0 Å². The van der Waals surface area contributed by atoms with Crippen molar-refractivity contribution >= 4 is 11.9 Å². The van der Waals surface area contributed by atoms with Gasteiger partial charge in [-0.05, 0) is 89.9 Å². The van der Waals surface area contributed by atoms with E-state index in [1.807, 2.05) is 6.08 Å². The topological polar surface area (TPSA) is 95.9 Å². The lowest BCUT2D eigenvalue weighted by Gasteiger charge is -2.20. The quantitative estimate of drug-likeness (QED) is 0.0320. The van der Waals surface area contributed by atoms with Crippen LogP contribution in [-0.2, 0) is 14.3 Å². The van der Waals surface area contributed by atoms with E-state index in [4.69, 9.17) is 4.74 Å². The molecule has 0 aliphatic rings. The van der Waals surface area contributed by atoms with Gasteiger partial charge in [-0.3, -0.25) is 9.59 Å². The Hall–Kier alpha value is -2.18. The molecule has 0 aliphatic carbocycles. The number of hydrogen-bond donors (Lipinski definition) is 3. The number of nitrogens with one attached hydrogen (secondary N) is 1. The Bertz CT molecular complexity index is 1390. The average Bonchev–Trinajstić information content (AvgIpc) is 3.49. The second-order valence-electron chi connectivity index (χ2n) is 25.6. The lowest BCUT2D eigenvalue weighted by atomic mass is 10.0. The third-order valence-corrected chi connectivity index (χ3v) is 17.3. The molecule has 6 heteroatoms. The SMILES string of the molecule is CCCCC/C=C\C/C=C\CCCCCCCCCC(=O)OCCCCCCCCCCCCCC/C=C\CCCCCCCCCCCCCCCCCCC(=O)NC(CO)C(O)/C=C/CCCCCCCCCCCCCCCCC. The van der Waals surface area contributed by atoms with Gasteiger partial charge < -0.3 is 20.3 Å². The lowest BCUT2D eigenvalue weighted by molar-refractivity contribution is -0.143. The van der Waals surface area contributed by atoms with Crippen molar-refractivity contribution in [2.75, 3.05) is 13.2 Å². The van der Waals surface area contributed by atoms with Crippen molar-refractivity contribution in [3.05, 3.63) is 48.6 Å². The van der Waals surface area contributed by atoms with E-state index in [1.54, 1.807) is 6.08 Å². The summed E-state index contributed by atoms with van der Waals surface area (Å²) in [4.78, 5) is 24.6. The Kier molecular flexibility index (Phi) is 70.4. The van der Waals surface area contributed by atoms with Crippen molar-refractivity contribution in [2.45, 2.75) is 418 Å². The summed E-state index contributed by atoms with van der Waals surface area (Å²) in [6, 6.07) is -0.627.